The second-order valence-electron chi connectivity index (χ2n) is 9.89. The van der Waals surface area contributed by atoms with E-state index in [1.807, 2.05) is 24.3 Å². The first-order valence-electron chi connectivity index (χ1n) is 13.0. The largest absolute Gasteiger partial charge is 0.484 e. The summed E-state index contributed by atoms with van der Waals surface area (Å²) in [5.74, 6) is 2.34. The number of fused-ring (bicyclic) bond motifs is 1. The first-order valence-corrected chi connectivity index (χ1v) is 13.0. The molecular formula is C28H32N6O3. The molecule has 2 fully saturated rings. The Balaban J connectivity index is 1.17. The van der Waals surface area contributed by atoms with Gasteiger partial charge in [0.15, 0.2) is 12.4 Å². The standard InChI is InChI=1S/C28H32N6O3/c35-26(31-21-5-1-2-6-21)17-37-23-7-3-4-19(12-23)27-33-25-16-36-15-24(25)28(34-27)32-22-10-8-18(9-11-22)20-13-29-30-14-20/h3-4,7-12,20-21,29-30H,1-2,5-6,13-17H2,(H,31,35)(H,32,33,34). The number of nitrogens with one attached hydrogen (secondary N) is 4. The number of carbonyl (C=O) groups excluding carboxylic acids is 1. The summed E-state index contributed by atoms with van der Waals surface area (Å²) in [5, 5.41) is 6.53. The fraction of sp³-hybridized carbons (Fsp3) is 0.393. The van der Waals surface area contributed by atoms with Crippen molar-refractivity contribution < 1.29 is 14.3 Å². The molecule has 1 amide bonds. The Morgan fingerprint density at radius 2 is 1.84 bits per heavy atom. The van der Waals surface area contributed by atoms with Crippen molar-refractivity contribution in [2.45, 2.75) is 50.9 Å². The second kappa shape index (κ2) is 10.8. The molecule has 1 aromatic heterocycles. The maximum atomic E-state index is 12.3. The van der Waals surface area contributed by atoms with Crippen LogP contribution in [0.1, 0.15) is 48.4 Å². The third-order valence-corrected chi connectivity index (χ3v) is 7.23. The third kappa shape index (κ3) is 5.58. The highest BCUT2D eigenvalue weighted by Gasteiger charge is 2.22. The van der Waals surface area contributed by atoms with Gasteiger partial charge in [-0.2, -0.15) is 0 Å². The lowest BCUT2D eigenvalue weighted by atomic mass is 10.0. The monoisotopic (exact) mass is 500 g/mol. The van der Waals surface area contributed by atoms with Gasteiger partial charge in [0.05, 0.1) is 18.9 Å². The van der Waals surface area contributed by atoms with E-state index in [2.05, 4.69) is 45.8 Å². The molecule has 1 aliphatic carbocycles. The topological polar surface area (TPSA) is 109 Å². The minimum absolute atomic E-state index is 0.00534. The molecule has 1 saturated carbocycles. The van der Waals surface area contributed by atoms with Gasteiger partial charge in [-0.05, 0) is 42.7 Å². The molecule has 9 heteroatoms. The molecule has 0 unspecified atom stereocenters. The Morgan fingerprint density at radius 1 is 1.03 bits per heavy atom. The number of aromatic nitrogens is 2. The minimum Gasteiger partial charge on any atom is -0.484 e. The number of hydrazine groups is 1. The van der Waals surface area contributed by atoms with Gasteiger partial charge in [-0.1, -0.05) is 37.1 Å². The van der Waals surface area contributed by atoms with Crippen LogP contribution in [-0.4, -0.2) is 41.6 Å². The van der Waals surface area contributed by atoms with E-state index in [1.165, 1.54) is 18.4 Å². The number of amides is 1. The van der Waals surface area contributed by atoms with E-state index in [9.17, 15) is 4.79 Å². The number of benzene rings is 2. The highest BCUT2D eigenvalue weighted by molar-refractivity contribution is 5.78. The quantitative estimate of drug-likeness (QED) is 0.372. The van der Waals surface area contributed by atoms with Gasteiger partial charge in [-0.15, -0.1) is 0 Å². The van der Waals surface area contributed by atoms with Gasteiger partial charge < -0.3 is 20.1 Å². The number of anilines is 2. The molecule has 2 aromatic carbocycles. The van der Waals surface area contributed by atoms with Gasteiger partial charge in [-0.3, -0.25) is 15.6 Å². The summed E-state index contributed by atoms with van der Waals surface area (Å²) >= 11 is 0. The van der Waals surface area contributed by atoms with E-state index in [1.54, 1.807) is 0 Å². The third-order valence-electron chi connectivity index (χ3n) is 7.23. The smallest absolute Gasteiger partial charge is 0.258 e. The van der Waals surface area contributed by atoms with Gasteiger partial charge in [0.1, 0.15) is 11.6 Å². The van der Waals surface area contributed by atoms with Crippen molar-refractivity contribution in [1.82, 2.24) is 26.1 Å². The van der Waals surface area contributed by atoms with Gasteiger partial charge in [0.2, 0.25) is 0 Å². The van der Waals surface area contributed by atoms with Gasteiger partial charge in [0.25, 0.3) is 5.91 Å². The van der Waals surface area contributed by atoms with Crippen molar-refractivity contribution in [1.29, 1.82) is 0 Å². The Bertz CT molecular complexity index is 1250. The van der Waals surface area contributed by atoms with Crippen LogP contribution in [0.15, 0.2) is 48.5 Å². The maximum Gasteiger partial charge on any atom is 0.258 e. The molecule has 9 nitrogen and oxygen atoms in total. The van der Waals surface area contributed by atoms with E-state index < -0.39 is 0 Å². The molecule has 4 N–H and O–H groups in total. The Kier molecular flexibility index (Phi) is 6.98. The number of ether oxygens (including phenoxy) is 2. The zero-order chi connectivity index (χ0) is 25.0. The number of hydrogen-bond acceptors (Lipinski definition) is 8. The second-order valence-corrected chi connectivity index (χ2v) is 9.89. The predicted molar refractivity (Wildman–Crippen MR) is 140 cm³/mol. The summed E-state index contributed by atoms with van der Waals surface area (Å²) < 4.78 is 11.5. The molecule has 3 aliphatic rings. The van der Waals surface area contributed by atoms with Gasteiger partial charge in [-0.25, -0.2) is 9.97 Å². The lowest BCUT2D eigenvalue weighted by Crippen LogP contribution is -2.36. The van der Waals surface area contributed by atoms with E-state index >= 15 is 0 Å². The van der Waals surface area contributed by atoms with Crippen LogP contribution in [0.3, 0.4) is 0 Å². The van der Waals surface area contributed by atoms with Crippen molar-refractivity contribution in [2.75, 3.05) is 25.0 Å². The first kappa shape index (κ1) is 23.8. The van der Waals surface area contributed by atoms with Crippen LogP contribution in [0.2, 0.25) is 0 Å². The average Bonchev–Trinajstić information content (AvgIpc) is 3.71. The molecule has 0 bridgehead atoms. The van der Waals surface area contributed by atoms with Crippen molar-refractivity contribution in [3.8, 4) is 17.1 Å². The molecular weight excluding hydrogens is 468 g/mol. The molecule has 3 heterocycles. The van der Waals surface area contributed by atoms with E-state index in [4.69, 9.17) is 19.4 Å². The lowest BCUT2D eigenvalue weighted by Gasteiger charge is -2.14. The summed E-state index contributed by atoms with van der Waals surface area (Å²) in [7, 11) is 0. The number of rotatable bonds is 8. The Morgan fingerprint density at radius 3 is 2.65 bits per heavy atom. The molecule has 0 atom stereocenters. The molecule has 2 aliphatic heterocycles. The molecule has 6 rings (SSSR count). The molecule has 192 valence electrons. The Hall–Kier alpha value is -3.53. The SMILES string of the molecule is O=C(COc1cccc(-c2nc3c(c(Nc4ccc(C5CNNC5)cc4)n2)COC3)c1)NC1CCCC1. The van der Waals surface area contributed by atoms with Crippen LogP contribution in [0.4, 0.5) is 11.5 Å². The highest BCUT2D eigenvalue weighted by Crippen LogP contribution is 2.31. The summed E-state index contributed by atoms with van der Waals surface area (Å²) in [6.45, 7) is 2.79. The molecule has 1 saturated heterocycles. The van der Waals surface area contributed by atoms with Crippen LogP contribution in [0.5, 0.6) is 5.75 Å². The van der Waals surface area contributed by atoms with Crippen molar-refractivity contribution in [2.24, 2.45) is 0 Å². The summed E-state index contributed by atoms with van der Waals surface area (Å²) in [4.78, 5) is 21.9. The average molecular weight is 501 g/mol. The van der Waals surface area contributed by atoms with Crippen LogP contribution in [0.25, 0.3) is 11.4 Å². The van der Waals surface area contributed by atoms with Crippen LogP contribution < -0.4 is 26.2 Å². The van der Waals surface area contributed by atoms with Crippen molar-refractivity contribution >= 4 is 17.4 Å². The fourth-order valence-electron chi connectivity index (χ4n) is 5.17. The molecule has 0 spiro atoms. The minimum atomic E-state index is -0.0822. The Labute approximate surface area is 216 Å². The fourth-order valence-corrected chi connectivity index (χ4v) is 5.17. The van der Waals surface area contributed by atoms with E-state index in [0.717, 1.165) is 54.3 Å². The lowest BCUT2D eigenvalue weighted by molar-refractivity contribution is -0.123. The maximum absolute atomic E-state index is 12.3. The van der Waals surface area contributed by atoms with E-state index in [0.29, 0.717) is 30.7 Å². The van der Waals surface area contributed by atoms with Crippen molar-refractivity contribution in [3.05, 3.63) is 65.4 Å². The zero-order valence-electron chi connectivity index (χ0n) is 20.8. The first-order chi connectivity index (χ1) is 18.2. The number of hydrogen-bond donors (Lipinski definition) is 4. The normalized spacial score (nSPS) is 17.6. The molecule has 37 heavy (non-hydrogen) atoms. The molecule has 0 radical (unpaired) electrons. The van der Waals surface area contributed by atoms with Crippen LogP contribution >= 0.6 is 0 Å². The zero-order valence-corrected chi connectivity index (χ0v) is 20.8. The van der Waals surface area contributed by atoms with Crippen LogP contribution in [0, 0.1) is 0 Å². The summed E-state index contributed by atoms with van der Waals surface area (Å²) in [6.07, 6.45) is 4.46. The van der Waals surface area contributed by atoms with E-state index in [-0.39, 0.29) is 18.6 Å². The van der Waals surface area contributed by atoms with Crippen LogP contribution in [-0.2, 0) is 22.7 Å². The predicted octanol–water partition coefficient (Wildman–Crippen LogP) is 3.55. The van der Waals surface area contributed by atoms with Gasteiger partial charge in [0, 0.05) is 41.9 Å². The number of nitrogens with zero attached hydrogens (tertiary/aromatic N) is 2. The van der Waals surface area contributed by atoms with Gasteiger partial charge >= 0.3 is 0 Å². The van der Waals surface area contributed by atoms with Crippen molar-refractivity contribution in [3.63, 3.8) is 0 Å². The number of carbonyl (C=O) groups is 1. The molecule has 3 aromatic rings. The summed E-state index contributed by atoms with van der Waals surface area (Å²) in [6, 6.07) is 16.3. The highest BCUT2D eigenvalue weighted by atomic mass is 16.5. The summed E-state index contributed by atoms with van der Waals surface area (Å²) in [5.41, 5.74) is 11.3.